The van der Waals surface area contributed by atoms with Gasteiger partial charge in [0.2, 0.25) is 5.88 Å². The molecule has 0 fully saturated rings. The van der Waals surface area contributed by atoms with Gasteiger partial charge in [-0.2, -0.15) is 10.1 Å². The number of benzene rings is 2. The van der Waals surface area contributed by atoms with Crippen molar-refractivity contribution in [3.8, 4) is 17.0 Å². The molecule has 2 aromatic carbocycles. The van der Waals surface area contributed by atoms with E-state index in [0.717, 1.165) is 44.7 Å². The number of aryl methyl sites for hydroxylation is 5. The largest absolute Gasteiger partial charge is 0.464 e. The van der Waals surface area contributed by atoms with E-state index in [1.807, 2.05) is 71.1 Å². The number of hydrogen-bond acceptors (Lipinski definition) is 4. The molecule has 0 spiro atoms. The number of nitrogens with one attached hydrogen (secondary N) is 1. The zero-order valence-corrected chi connectivity index (χ0v) is 19.4. The lowest BCUT2D eigenvalue weighted by Gasteiger charge is -2.18. The quantitative estimate of drug-likeness (QED) is 0.470. The molecule has 1 atom stereocenters. The summed E-state index contributed by atoms with van der Waals surface area (Å²) in [5.41, 5.74) is 7.69. The zero-order valence-electron chi connectivity index (χ0n) is 19.4. The Morgan fingerprint density at radius 3 is 2.34 bits per heavy atom. The molecular weight excluding hydrogens is 400 g/mol. The molecule has 0 saturated carbocycles. The Morgan fingerprint density at radius 2 is 1.69 bits per heavy atom. The first-order valence-corrected chi connectivity index (χ1v) is 10.7. The number of pyridine rings is 1. The standard InChI is InChI=1S/C26H28N4O2/c1-15-12-16(2)24(17(3)13-15)28-26(31)19(5)32-22-14-21(20-10-8-7-9-11-20)23-18(4)29-30(6)25(23)27-22/h7-14,19H,1-6H3,(H,28,31)/t19-/m1/s1. The van der Waals surface area contributed by atoms with E-state index in [0.29, 0.717) is 5.88 Å². The number of aromatic nitrogens is 3. The van der Waals surface area contributed by atoms with Gasteiger partial charge in [0.05, 0.1) is 11.1 Å². The molecule has 4 aromatic rings. The van der Waals surface area contributed by atoms with Crippen molar-refractivity contribution in [3.63, 3.8) is 0 Å². The Bertz CT molecular complexity index is 1290. The molecule has 6 heteroatoms. The highest BCUT2D eigenvalue weighted by molar-refractivity contribution is 5.97. The molecular formula is C26H28N4O2. The zero-order chi connectivity index (χ0) is 23.0. The average Bonchev–Trinajstić information content (AvgIpc) is 3.04. The van der Waals surface area contributed by atoms with Crippen LogP contribution in [0.2, 0.25) is 0 Å². The first-order chi connectivity index (χ1) is 15.2. The molecule has 0 aliphatic heterocycles. The van der Waals surface area contributed by atoms with Gasteiger partial charge in [0, 0.05) is 18.8 Å². The van der Waals surface area contributed by atoms with Crippen LogP contribution in [0.5, 0.6) is 5.88 Å². The maximum absolute atomic E-state index is 12.9. The highest BCUT2D eigenvalue weighted by Crippen LogP contribution is 2.33. The minimum atomic E-state index is -0.724. The number of rotatable bonds is 5. The molecule has 32 heavy (non-hydrogen) atoms. The van der Waals surface area contributed by atoms with Gasteiger partial charge in [-0.25, -0.2) is 0 Å². The second-order valence-electron chi connectivity index (χ2n) is 8.30. The van der Waals surface area contributed by atoms with Crippen LogP contribution in [0.1, 0.15) is 29.3 Å². The summed E-state index contributed by atoms with van der Waals surface area (Å²) in [7, 11) is 1.86. The Hall–Kier alpha value is -3.67. The monoisotopic (exact) mass is 428 g/mol. The van der Waals surface area contributed by atoms with Gasteiger partial charge in [-0.1, -0.05) is 48.0 Å². The van der Waals surface area contributed by atoms with E-state index >= 15 is 0 Å². The summed E-state index contributed by atoms with van der Waals surface area (Å²) in [4.78, 5) is 17.6. The summed E-state index contributed by atoms with van der Waals surface area (Å²) in [6.45, 7) is 9.74. The lowest BCUT2D eigenvalue weighted by atomic mass is 10.0. The second kappa shape index (κ2) is 8.46. The highest BCUT2D eigenvalue weighted by Gasteiger charge is 2.20. The van der Waals surface area contributed by atoms with E-state index in [4.69, 9.17) is 4.74 Å². The van der Waals surface area contributed by atoms with Crippen molar-refractivity contribution in [2.75, 3.05) is 5.32 Å². The molecule has 4 rings (SSSR count). The summed E-state index contributed by atoms with van der Waals surface area (Å²) >= 11 is 0. The normalized spacial score (nSPS) is 12.1. The molecule has 0 saturated heterocycles. The lowest BCUT2D eigenvalue weighted by molar-refractivity contribution is -0.122. The minimum absolute atomic E-state index is 0.218. The molecule has 164 valence electrons. The molecule has 1 amide bonds. The van der Waals surface area contributed by atoms with Gasteiger partial charge in [-0.3, -0.25) is 9.48 Å². The van der Waals surface area contributed by atoms with Crippen molar-refractivity contribution in [1.82, 2.24) is 14.8 Å². The summed E-state index contributed by atoms with van der Waals surface area (Å²) in [6.07, 6.45) is -0.724. The van der Waals surface area contributed by atoms with Crippen molar-refractivity contribution in [1.29, 1.82) is 0 Å². The van der Waals surface area contributed by atoms with Crippen molar-refractivity contribution in [2.45, 2.75) is 40.7 Å². The molecule has 2 heterocycles. The number of carbonyl (C=O) groups is 1. The summed E-state index contributed by atoms with van der Waals surface area (Å²) < 4.78 is 7.77. The number of ether oxygens (including phenoxy) is 1. The third kappa shape index (κ3) is 4.08. The molecule has 0 bridgehead atoms. The Kier molecular flexibility index (Phi) is 5.70. The number of carbonyl (C=O) groups excluding carboxylic acids is 1. The number of anilines is 1. The summed E-state index contributed by atoms with van der Waals surface area (Å²) in [5.74, 6) is 0.170. The van der Waals surface area contributed by atoms with Gasteiger partial charge < -0.3 is 10.1 Å². The minimum Gasteiger partial charge on any atom is -0.464 e. The fourth-order valence-electron chi connectivity index (χ4n) is 4.16. The molecule has 0 aliphatic carbocycles. The van der Waals surface area contributed by atoms with E-state index in [1.165, 1.54) is 5.56 Å². The van der Waals surface area contributed by atoms with Crippen molar-refractivity contribution >= 4 is 22.6 Å². The van der Waals surface area contributed by atoms with E-state index in [-0.39, 0.29) is 5.91 Å². The van der Waals surface area contributed by atoms with Crippen LogP contribution in [-0.4, -0.2) is 26.8 Å². The van der Waals surface area contributed by atoms with Gasteiger partial charge in [0.15, 0.2) is 11.8 Å². The van der Waals surface area contributed by atoms with E-state index in [9.17, 15) is 4.79 Å². The van der Waals surface area contributed by atoms with Crippen LogP contribution in [0.4, 0.5) is 5.69 Å². The number of amides is 1. The van der Waals surface area contributed by atoms with Crippen LogP contribution in [0.3, 0.4) is 0 Å². The number of hydrogen-bond donors (Lipinski definition) is 1. The Morgan fingerprint density at radius 1 is 1.03 bits per heavy atom. The highest BCUT2D eigenvalue weighted by atomic mass is 16.5. The Labute approximate surface area is 188 Å². The fraction of sp³-hybridized carbons (Fsp3) is 0.269. The molecule has 0 unspecified atom stereocenters. The van der Waals surface area contributed by atoms with Crippen LogP contribution in [0.15, 0.2) is 48.5 Å². The van der Waals surface area contributed by atoms with Crippen LogP contribution < -0.4 is 10.1 Å². The number of fused-ring (bicyclic) bond motifs is 1. The van der Waals surface area contributed by atoms with Crippen LogP contribution in [0, 0.1) is 27.7 Å². The van der Waals surface area contributed by atoms with Crippen LogP contribution in [0.25, 0.3) is 22.2 Å². The van der Waals surface area contributed by atoms with E-state index in [1.54, 1.807) is 11.6 Å². The first kappa shape index (κ1) is 21.6. The maximum atomic E-state index is 12.9. The smallest absolute Gasteiger partial charge is 0.265 e. The predicted molar refractivity (Wildman–Crippen MR) is 128 cm³/mol. The van der Waals surface area contributed by atoms with Crippen molar-refractivity contribution < 1.29 is 9.53 Å². The van der Waals surface area contributed by atoms with Crippen molar-refractivity contribution in [3.05, 3.63) is 70.9 Å². The second-order valence-corrected chi connectivity index (χ2v) is 8.30. The Balaban J connectivity index is 1.66. The number of nitrogens with zero attached hydrogens (tertiary/aromatic N) is 3. The predicted octanol–water partition coefficient (Wildman–Crippen LogP) is 5.27. The SMILES string of the molecule is Cc1cc(C)c(NC(=O)[C@@H](C)Oc2cc(-c3ccccc3)c3c(C)nn(C)c3n2)c(C)c1. The topological polar surface area (TPSA) is 69.0 Å². The lowest BCUT2D eigenvalue weighted by Crippen LogP contribution is -2.31. The average molecular weight is 429 g/mol. The fourth-order valence-corrected chi connectivity index (χ4v) is 4.16. The third-order valence-corrected chi connectivity index (χ3v) is 5.62. The van der Waals surface area contributed by atoms with Gasteiger partial charge in [-0.15, -0.1) is 0 Å². The maximum Gasteiger partial charge on any atom is 0.265 e. The molecule has 6 nitrogen and oxygen atoms in total. The van der Waals surface area contributed by atoms with Gasteiger partial charge in [-0.05, 0) is 56.9 Å². The molecule has 1 N–H and O–H groups in total. The molecule has 0 aliphatic rings. The van der Waals surface area contributed by atoms with Gasteiger partial charge in [0.25, 0.3) is 5.91 Å². The van der Waals surface area contributed by atoms with Crippen molar-refractivity contribution in [2.24, 2.45) is 7.05 Å². The van der Waals surface area contributed by atoms with Gasteiger partial charge >= 0.3 is 0 Å². The van der Waals surface area contributed by atoms with Crippen LogP contribution >= 0.6 is 0 Å². The first-order valence-electron chi connectivity index (χ1n) is 10.7. The molecule has 0 radical (unpaired) electrons. The van der Waals surface area contributed by atoms with E-state index < -0.39 is 6.10 Å². The van der Waals surface area contributed by atoms with Gasteiger partial charge in [0.1, 0.15) is 0 Å². The molecule has 2 aromatic heterocycles. The summed E-state index contributed by atoms with van der Waals surface area (Å²) in [5, 5.41) is 8.53. The third-order valence-electron chi connectivity index (χ3n) is 5.62. The van der Waals surface area contributed by atoms with Crippen LogP contribution in [-0.2, 0) is 11.8 Å². The summed E-state index contributed by atoms with van der Waals surface area (Å²) in [6, 6.07) is 16.1. The van der Waals surface area contributed by atoms with E-state index in [2.05, 4.69) is 27.5 Å².